The number of hydrogen-bond donors (Lipinski definition) is 2. The van der Waals surface area contributed by atoms with Gasteiger partial charge in [0.15, 0.2) is 0 Å². The van der Waals surface area contributed by atoms with Crippen LogP contribution in [0.25, 0.3) is 0 Å². The molecule has 144 valence electrons. The average molecular weight is 381 g/mol. The summed E-state index contributed by atoms with van der Waals surface area (Å²) in [4.78, 5) is 26.7. The van der Waals surface area contributed by atoms with E-state index in [1.807, 2.05) is 39.8 Å². The molecule has 0 aliphatic carbocycles. The zero-order valence-corrected chi connectivity index (χ0v) is 16.7. The molecule has 1 saturated heterocycles. The molecular weight excluding hydrogens is 352 g/mol. The fraction of sp³-hybridized carbons (Fsp3) is 0.600. The van der Waals surface area contributed by atoms with E-state index in [-0.39, 0.29) is 23.7 Å². The number of halogens is 1. The standard InChI is InChI=1S/C20H29ClN2O3/c1-13(2)17(22-18(24)14(3)4)19(25)23-11-9-20(26,10-12-23)15-5-7-16(21)8-6-15/h5-8,13-14,17,26H,9-12H2,1-4H3,(H,22,24)/t17-/m1/s1. The molecule has 2 N–H and O–H groups in total. The van der Waals surface area contributed by atoms with Crippen molar-refractivity contribution >= 4 is 23.4 Å². The Morgan fingerprint density at radius 1 is 1.12 bits per heavy atom. The van der Waals surface area contributed by atoms with Gasteiger partial charge in [0.25, 0.3) is 0 Å². The monoisotopic (exact) mass is 380 g/mol. The Bertz CT molecular complexity index is 635. The number of amides is 2. The molecule has 1 aromatic rings. The average Bonchev–Trinajstić information content (AvgIpc) is 2.59. The molecule has 0 aromatic heterocycles. The summed E-state index contributed by atoms with van der Waals surface area (Å²) in [7, 11) is 0. The summed E-state index contributed by atoms with van der Waals surface area (Å²) in [6, 6.07) is 6.66. The predicted molar refractivity (Wildman–Crippen MR) is 103 cm³/mol. The molecule has 1 aromatic carbocycles. The van der Waals surface area contributed by atoms with E-state index in [4.69, 9.17) is 11.6 Å². The lowest BCUT2D eigenvalue weighted by molar-refractivity contribution is -0.142. The van der Waals surface area contributed by atoms with Gasteiger partial charge in [-0.2, -0.15) is 0 Å². The molecular formula is C20H29ClN2O3. The van der Waals surface area contributed by atoms with Crippen LogP contribution in [0.4, 0.5) is 0 Å². The third-order valence-electron chi connectivity index (χ3n) is 5.04. The number of carbonyl (C=O) groups excluding carboxylic acids is 2. The molecule has 0 radical (unpaired) electrons. The van der Waals surface area contributed by atoms with Crippen molar-refractivity contribution in [1.29, 1.82) is 0 Å². The van der Waals surface area contributed by atoms with Crippen LogP contribution in [-0.2, 0) is 15.2 Å². The first-order valence-electron chi connectivity index (χ1n) is 9.21. The summed E-state index contributed by atoms with van der Waals surface area (Å²) < 4.78 is 0. The minimum Gasteiger partial charge on any atom is -0.385 e. The third-order valence-corrected chi connectivity index (χ3v) is 5.29. The van der Waals surface area contributed by atoms with E-state index in [1.54, 1.807) is 17.0 Å². The van der Waals surface area contributed by atoms with E-state index < -0.39 is 11.6 Å². The van der Waals surface area contributed by atoms with Gasteiger partial charge in [0, 0.05) is 24.0 Å². The molecule has 0 saturated carbocycles. The SMILES string of the molecule is CC(C)C(=O)N[C@@H](C(=O)N1CCC(O)(c2ccc(Cl)cc2)CC1)C(C)C. The molecule has 26 heavy (non-hydrogen) atoms. The van der Waals surface area contributed by atoms with Crippen LogP contribution in [0.2, 0.25) is 5.02 Å². The van der Waals surface area contributed by atoms with Gasteiger partial charge < -0.3 is 15.3 Å². The summed E-state index contributed by atoms with van der Waals surface area (Å²) in [5.74, 6) is -0.360. The van der Waals surface area contributed by atoms with Crippen LogP contribution in [0.3, 0.4) is 0 Å². The number of piperidine rings is 1. The van der Waals surface area contributed by atoms with E-state index in [0.717, 1.165) is 5.56 Å². The van der Waals surface area contributed by atoms with Gasteiger partial charge in [-0.1, -0.05) is 51.4 Å². The normalized spacial score (nSPS) is 18.1. The number of rotatable bonds is 5. The van der Waals surface area contributed by atoms with Crippen LogP contribution in [0.1, 0.15) is 46.1 Å². The van der Waals surface area contributed by atoms with E-state index in [2.05, 4.69) is 5.32 Å². The van der Waals surface area contributed by atoms with Gasteiger partial charge >= 0.3 is 0 Å². The van der Waals surface area contributed by atoms with E-state index in [9.17, 15) is 14.7 Å². The van der Waals surface area contributed by atoms with Crippen molar-refractivity contribution in [3.05, 3.63) is 34.9 Å². The van der Waals surface area contributed by atoms with Gasteiger partial charge in [-0.05, 0) is 36.5 Å². The molecule has 0 spiro atoms. The zero-order chi connectivity index (χ0) is 19.5. The second-order valence-corrected chi connectivity index (χ2v) is 8.19. The molecule has 1 aliphatic heterocycles. The number of hydrogen-bond acceptors (Lipinski definition) is 3. The van der Waals surface area contributed by atoms with Crippen molar-refractivity contribution in [1.82, 2.24) is 10.2 Å². The third kappa shape index (κ3) is 4.77. The Morgan fingerprint density at radius 2 is 1.65 bits per heavy atom. The van der Waals surface area contributed by atoms with Crippen LogP contribution >= 0.6 is 11.6 Å². The van der Waals surface area contributed by atoms with Crippen LogP contribution < -0.4 is 5.32 Å². The van der Waals surface area contributed by atoms with E-state index in [0.29, 0.717) is 31.0 Å². The summed E-state index contributed by atoms with van der Waals surface area (Å²) >= 11 is 5.92. The lowest BCUT2D eigenvalue weighted by Gasteiger charge is -2.40. The number of nitrogens with one attached hydrogen (secondary N) is 1. The first-order chi connectivity index (χ1) is 12.1. The van der Waals surface area contributed by atoms with Crippen molar-refractivity contribution in [2.45, 2.75) is 52.2 Å². The van der Waals surface area contributed by atoms with Crippen molar-refractivity contribution in [2.24, 2.45) is 11.8 Å². The van der Waals surface area contributed by atoms with Crippen LogP contribution in [0.5, 0.6) is 0 Å². The Kier molecular flexibility index (Phi) is 6.69. The van der Waals surface area contributed by atoms with Gasteiger partial charge in [0.05, 0.1) is 5.60 Å². The van der Waals surface area contributed by atoms with Gasteiger partial charge in [0.1, 0.15) is 6.04 Å². The first kappa shape index (κ1) is 20.7. The lowest BCUT2D eigenvalue weighted by atomic mass is 9.84. The fourth-order valence-electron chi connectivity index (χ4n) is 3.18. The van der Waals surface area contributed by atoms with E-state index in [1.165, 1.54) is 0 Å². The molecule has 1 atom stereocenters. The molecule has 1 heterocycles. The fourth-order valence-corrected chi connectivity index (χ4v) is 3.30. The largest absolute Gasteiger partial charge is 0.385 e. The molecule has 1 fully saturated rings. The molecule has 0 bridgehead atoms. The number of nitrogens with zero attached hydrogens (tertiary/aromatic N) is 1. The molecule has 0 unspecified atom stereocenters. The summed E-state index contributed by atoms with van der Waals surface area (Å²) in [5, 5.41) is 14.4. The van der Waals surface area contributed by atoms with Crippen molar-refractivity contribution < 1.29 is 14.7 Å². The van der Waals surface area contributed by atoms with Crippen molar-refractivity contribution in [2.75, 3.05) is 13.1 Å². The maximum Gasteiger partial charge on any atom is 0.245 e. The first-order valence-corrected chi connectivity index (χ1v) is 9.59. The minimum absolute atomic E-state index is 0.00211. The van der Waals surface area contributed by atoms with Crippen LogP contribution in [0.15, 0.2) is 24.3 Å². The lowest BCUT2D eigenvalue weighted by Crippen LogP contribution is -2.55. The Morgan fingerprint density at radius 3 is 2.12 bits per heavy atom. The molecule has 2 rings (SSSR count). The quantitative estimate of drug-likeness (QED) is 0.825. The number of aliphatic hydroxyl groups is 1. The van der Waals surface area contributed by atoms with Crippen molar-refractivity contribution in [3.63, 3.8) is 0 Å². The molecule has 6 heteroatoms. The van der Waals surface area contributed by atoms with Crippen molar-refractivity contribution in [3.8, 4) is 0 Å². The van der Waals surface area contributed by atoms with Crippen LogP contribution in [0, 0.1) is 11.8 Å². The molecule has 1 aliphatic rings. The maximum absolute atomic E-state index is 12.9. The summed E-state index contributed by atoms with van der Waals surface area (Å²) in [5.41, 5.74) is -0.127. The Labute approximate surface area is 160 Å². The summed E-state index contributed by atoms with van der Waals surface area (Å²) in [6.07, 6.45) is 0.923. The van der Waals surface area contributed by atoms with Gasteiger partial charge in [-0.3, -0.25) is 9.59 Å². The highest BCUT2D eigenvalue weighted by atomic mass is 35.5. The maximum atomic E-state index is 12.9. The second kappa shape index (κ2) is 8.40. The second-order valence-electron chi connectivity index (χ2n) is 7.75. The number of carbonyl (C=O) groups is 2. The highest BCUT2D eigenvalue weighted by Gasteiger charge is 2.38. The minimum atomic E-state index is -0.949. The zero-order valence-electron chi connectivity index (χ0n) is 16.0. The van der Waals surface area contributed by atoms with Gasteiger partial charge in [-0.15, -0.1) is 0 Å². The highest BCUT2D eigenvalue weighted by Crippen LogP contribution is 2.33. The summed E-state index contributed by atoms with van der Waals surface area (Å²) in [6.45, 7) is 8.39. The van der Waals surface area contributed by atoms with Crippen LogP contribution in [-0.4, -0.2) is 41.0 Å². The van der Waals surface area contributed by atoms with E-state index >= 15 is 0 Å². The predicted octanol–water partition coefficient (Wildman–Crippen LogP) is 2.95. The Hall–Kier alpha value is -1.59. The molecule has 2 amide bonds. The molecule has 5 nitrogen and oxygen atoms in total. The smallest absolute Gasteiger partial charge is 0.245 e. The Balaban J connectivity index is 2.04. The highest BCUT2D eigenvalue weighted by molar-refractivity contribution is 6.30. The number of benzene rings is 1. The number of likely N-dealkylation sites (tertiary alicyclic amines) is 1. The van der Waals surface area contributed by atoms with Gasteiger partial charge in [-0.25, -0.2) is 0 Å². The van der Waals surface area contributed by atoms with Gasteiger partial charge in [0.2, 0.25) is 11.8 Å². The topological polar surface area (TPSA) is 69.6 Å².